The minimum Gasteiger partial charge on any atom is -0.338 e. The molecular weight excluding hydrogens is 309 g/mol. The molecule has 1 N–H and O–H groups in total. The Morgan fingerprint density at radius 3 is 2.79 bits per heavy atom. The van der Waals surface area contributed by atoms with E-state index in [0.29, 0.717) is 30.2 Å². The zero-order valence-corrected chi connectivity index (χ0v) is 13.8. The summed E-state index contributed by atoms with van der Waals surface area (Å²) in [6, 6.07) is 6.00. The first kappa shape index (κ1) is 16.4. The largest absolute Gasteiger partial charge is 0.338 e. The number of piperidine rings is 1. The van der Waals surface area contributed by atoms with Gasteiger partial charge in [-0.1, -0.05) is 12.1 Å². The van der Waals surface area contributed by atoms with E-state index < -0.39 is 5.82 Å². The fourth-order valence-corrected chi connectivity index (χ4v) is 3.05. The van der Waals surface area contributed by atoms with Gasteiger partial charge in [-0.2, -0.15) is 0 Å². The minimum atomic E-state index is -0.512. The van der Waals surface area contributed by atoms with Crippen LogP contribution in [-0.2, 0) is 0 Å². The van der Waals surface area contributed by atoms with E-state index in [1.54, 1.807) is 30.9 Å². The number of rotatable bonds is 2. The molecular formula is C18H20FN3O2. The molecule has 0 bridgehead atoms. The Morgan fingerprint density at radius 1 is 1.33 bits per heavy atom. The third-order valence-corrected chi connectivity index (χ3v) is 4.61. The van der Waals surface area contributed by atoms with Gasteiger partial charge in [-0.25, -0.2) is 9.37 Å². The Balaban J connectivity index is 1.83. The molecule has 0 radical (unpaired) electrons. The Labute approximate surface area is 139 Å². The molecule has 1 fully saturated rings. The van der Waals surface area contributed by atoms with Crippen molar-refractivity contribution in [3.05, 3.63) is 63.1 Å². The highest BCUT2D eigenvalue weighted by Crippen LogP contribution is 2.25. The number of nitrogens with zero attached hydrogens (tertiary/aromatic N) is 2. The average Bonchev–Trinajstić information content (AvgIpc) is 2.59. The first-order chi connectivity index (χ1) is 11.5. The molecule has 3 rings (SSSR count). The van der Waals surface area contributed by atoms with Crippen molar-refractivity contribution in [3.8, 4) is 0 Å². The number of halogens is 1. The third-order valence-electron chi connectivity index (χ3n) is 4.61. The fourth-order valence-electron chi connectivity index (χ4n) is 3.05. The molecule has 0 saturated carbocycles. The van der Waals surface area contributed by atoms with E-state index in [-0.39, 0.29) is 22.9 Å². The van der Waals surface area contributed by atoms with E-state index in [0.717, 1.165) is 12.8 Å². The second kappa shape index (κ2) is 6.55. The summed E-state index contributed by atoms with van der Waals surface area (Å²) in [6.07, 6.45) is 1.63. The molecule has 1 saturated heterocycles. The molecule has 2 aromatic rings. The lowest BCUT2D eigenvalue weighted by Gasteiger charge is -2.32. The number of hydrogen-bond acceptors (Lipinski definition) is 3. The lowest BCUT2D eigenvalue weighted by Crippen LogP contribution is -2.40. The number of aromatic amines is 1. The Morgan fingerprint density at radius 2 is 2.08 bits per heavy atom. The summed E-state index contributed by atoms with van der Waals surface area (Å²) in [5, 5.41) is 0. The third kappa shape index (κ3) is 3.09. The van der Waals surface area contributed by atoms with Crippen molar-refractivity contribution in [3.63, 3.8) is 0 Å². The van der Waals surface area contributed by atoms with Crippen LogP contribution < -0.4 is 5.56 Å². The molecule has 0 spiro atoms. The Hall–Kier alpha value is -2.50. The smallest absolute Gasteiger partial charge is 0.256 e. The van der Waals surface area contributed by atoms with Crippen molar-refractivity contribution in [1.29, 1.82) is 0 Å². The van der Waals surface area contributed by atoms with E-state index in [1.165, 1.54) is 12.1 Å². The summed E-state index contributed by atoms with van der Waals surface area (Å²) in [4.78, 5) is 33.5. The number of likely N-dealkylation sites (tertiary alicyclic amines) is 1. The summed E-state index contributed by atoms with van der Waals surface area (Å²) in [5.41, 5.74) is 1.25. The lowest BCUT2D eigenvalue weighted by molar-refractivity contribution is 0.0699. The number of aryl methyl sites for hydroxylation is 1. The maximum atomic E-state index is 13.9. The van der Waals surface area contributed by atoms with Crippen LogP contribution >= 0.6 is 0 Å². The number of carbonyl (C=O) groups excluding carboxylic acids is 1. The lowest BCUT2D eigenvalue weighted by atomic mass is 9.96. The van der Waals surface area contributed by atoms with Gasteiger partial charge in [0.2, 0.25) is 0 Å². The maximum absolute atomic E-state index is 13.9. The second-order valence-corrected chi connectivity index (χ2v) is 6.23. The Kier molecular flexibility index (Phi) is 4.46. The predicted molar refractivity (Wildman–Crippen MR) is 88.6 cm³/mol. The van der Waals surface area contributed by atoms with Crippen LogP contribution in [0.15, 0.2) is 29.1 Å². The summed E-state index contributed by atoms with van der Waals surface area (Å²) < 4.78 is 13.9. The maximum Gasteiger partial charge on any atom is 0.256 e. The van der Waals surface area contributed by atoms with Gasteiger partial charge in [-0.05, 0) is 38.8 Å². The van der Waals surface area contributed by atoms with Crippen LogP contribution in [0.1, 0.15) is 46.2 Å². The van der Waals surface area contributed by atoms with Crippen molar-refractivity contribution in [1.82, 2.24) is 14.9 Å². The molecule has 126 valence electrons. The van der Waals surface area contributed by atoms with Crippen molar-refractivity contribution in [2.75, 3.05) is 13.1 Å². The molecule has 2 heterocycles. The highest BCUT2D eigenvalue weighted by atomic mass is 19.1. The summed E-state index contributed by atoms with van der Waals surface area (Å²) in [6.45, 7) is 4.55. The zero-order chi connectivity index (χ0) is 17.3. The molecule has 6 heteroatoms. The van der Waals surface area contributed by atoms with E-state index in [1.807, 2.05) is 0 Å². The molecule has 24 heavy (non-hydrogen) atoms. The molecule has 1 aromatic heterocycles. The number of amides is 1. The molecule has 0 aliphatic carbocycles. The van der Waals surface area contributed by atoms with Crippen molar-refractivity contribution in [2.45, 2.75) is 32.6 Å². The van der Waals surface area contributed by atoms with Gasteiger partial charge >= 0.3 is 0 Å². The molecule has 1 aliphatic rings. The monoisotopic (exact) mass is 329 g/mol. The summed E-state index contributed by atoms with van der Waals surface area (Å²) >= 11 is 0. The summed E-state index contributed by atoms with van der Waals surface area (Å²) in [5.74, 6) is -0.262. The molecule has 1 amide bonds. The van der Waals surface area contributed by atoms with E-state index in [4.69, 9.17) is 0 Å². The van der Waals surface area contributed by atoms with Crippen LogP contribution in [0.25, 0.3) is 0 Å². The van der Waals surface area contributed by atoms with Gasteiger partial charge in [0.15, 0.2) is 0 Å². The topological polar surface area (TPSA) is 66.1 Å². The normalized spacial score (nSPS) is 17.8. The van der Waals surface area contributed by atoms with Gasteiger partial charge in [0.1, 0.15) is 11.6 Å². The summed E-state index contributed by atoms with van der Waals surface area (Å²) in [7, 11) is 0. The zero-order valence-electron chi connectivity index (χ0n) is 13.8. The highest BCUT2D eigenvalue weighted by molar-refractivity contribution is 5.94. The molecule has 1 atom stereocenters. The first-order valence-corrected chi connectivity index (χ1v) is 8.08. The van der Waals surface area contributed by atoms with Gasteiger partial charge in [0.05, 0.1) is 5.56 Å². The van der Waals surface area contributed by atoms with Crippen molar-refractivity contribution >= 4 is 5.91 Å². The van der Waals surface area contributed by atoms with Gasteiger partial charge in [0.25, 0.3) is 11.5 Å². The number of aromatic nitrogens is 2. The van der Waals surface area contributed by atoms with Crippen LogP contribution in [0.5, 0.6) is 0 Å². The number of hydrogen-bond donors (Lipinski definition) is 1. The number of carbonyl (C=O) groups is 1. The van der Waals surface area contributed by atoms with E-state index in [2.05, 4.69) is 9.97 Å². The van der Waals surface area contributed by atoms with Gasteiger partial charge in [-0.15, -0.1) is 0 Å². The number of benzene rings is 1. The highest BCUT2D eigenvalue weighted by Gasteiger charge is 2.28. The van der Waals surface area contributed by atoms with Crippen LogP contribution in [0.4, 0.5) is 4.39 Å². The van der Waals surface area contributed by atoms with Gasteiger partial charge < -0.3 is 9.88 Å². The van der Waals surface area contributed by atoms with Crippen LogP contribution in [0.2, 0.25) is 0 Å². The quantitative estimate of drug-likeness (QED) is 0.921. The van der Waals surface area contributed by atoms with Gasteiger partial charge in [0, 0.05) is 30.3 Å². The second-order valence-electron chi connectivity index (χ2n) is 6.23. The van der Waals surface area contributed by atoms with Gasteiger partial charge in [-0.3, -0.25) is 9.59 Å². The standard InChI is InChI=1S/C18H20FN3O2/c1-11-12(2)20-16(21-17(11)23)13-6-5-9-22(10-13)18(24)14-7-3-4-8-15(14)19/h3-4,7-8,13H,5-6,9-10H2,1-2H3,(H,20,21,23)/t13-/m1/s1. The molecule has 1 aromatic carbocycles. The van der Waals surface area contributed by atoms with Crippen LogP contribution in [-0.4, -0.2) is 33.9 Å². The van der Waals surface area contributed by atoms with Crippen LogP contribution in [0, 0.1) is 19.7 Å². The first-order valence-electron chi connectivity index (χ1n) is 8.08. The van der Waals surface area contributed by atoms with E-state index >= 15 is 0 Å². The van der Waals surface area contributed by atoms with Crippen molar-refractivity contribution in [2.24, 2.45) is 0 Å². The van der Waals surface area contributed by atoms with Crippen molar-refractivity contribution < 1.29 is 9.18 Å². The molecule has 1 aliphatic heterocycles. The predicted octanol–water partition coefficient (Wildman–Crippen LogP) is 2.55. The fraction of sp³-hybridized carbons (Fsp3) is 0.389. The molecule has 0 unspecified atom stereocenters. The number of H-pyrrole nitrogens is 1. The van der Waals surface area contributed by atoms with E-state index in [9.17, 15) is 14.0 Å². The Bertz CT molecular complexity index is 831. The average molecular weight is 329 g/mol. The SMILES string of the molecule is Cc1nc([C@@H]2CCCN(C(=O)c3ccccc3F)C2)[nH]c(=O)c1C. The molecule has 5 nitrogen and oxygen atoms in total. The minimum absolute atomic E-state index is 0.0403. The number of nitrogens with one attached hydrogen (secondary N) is 1. The van der Waals surface area contributed by atoms with Crippen LogP contribution in [0.3, 0.4) is 0 Å².